The molecule has 2 heterocycles. The number of ether oxygens (including phenoxy) is 2. The van der Waals surface area contributed by atoms with Crippen LogP contribution in [0.15, 0.2) is 30.3 Å². The molecule has 138 valence electrons. The van der Waals surface area contributed by atoms with Gasteiger partial charge < -0.3 is 14.4 Å². The van der Waals surface area contributed by atoms with Crippen LogP contribution in [0.25, 0.3) is 0 Å². The molecule has 2 aliphatic rings. The number of hydrogen-bond donors (Lipinski definition) is 0. The minimum absolute atomic E-state index is 0.208. The van der Waals surface area contributed by atoms with Crippen molar-refractivity contribution in [2.75, 3.05) is 40.5 Å². The molecule has 0 radical (unpaired) electrons. The lowest BCUT2D eigenvalue weighted by Crippen LogP contribution is -2.54. The third-order valence-corrected chi connectivity index (χ3v) is 5.97. The van der Waals surface area contributed by atoms with Crippen molar-refractivity contribution in [2.24, 2.45) is 0 Å². The zero-order chi connectivity index (χ0) is 17.7. The summed E-state index contributed by atoms with van der Waals surface area (Å²) in [5.41, 5.74) is 0.264. The number of rotatable bonds is 6. The summed E-state index contributed by atoms with van der Waals surface area (Å²) in [6.45, 7) is 2.96. The first-order valence-corrected chi connectivity index (χ1v) is 9.32. The SMILES string of the molecule is COCC1CCC2(CCN(C(=O)CCOc3ccccc3)CC2)N1C. The topological polar surface area (TPSA) is 42.0 Å². The Morgan fingerprint density at radius 1 is 1.20 bits per heavy atom. The minimum atomic E-state index is 0.208. The lowest BCUT2D eigenvalue weighted by molar-refractivity contribution is -0.134. The highest BCUT2D eigenvalue weighted by molar-refractivity contribution is 5.76. The molecule has 2 aliphatic heterocycles. The number of nitrogens with zero attached hydrogens (tertiary/aromatic N) is 2. The summed E-state index contributed by atoms with van der Waals surface area (Å²) in [7, 11) is 4.00. The van der Waals surface area contributed by atoms with Crippen LogP contribution in [0.2, 0.25) is 0 Å². The standard InChI is InChI=1S/C20H30N2O3/c1-21-17(16-24-2)8-10-20(21)11-13-22(14-12-20)19(23)9-15-25-18-6-4-3-5-7-18/h3-7,17H,8-16H2,1-2H3. The number of methoxy groups -OCH3 is 1. The van der Waals surface area contributed by atoms with Gasteiger partial charge >= 0.3 is 0 Å². The Morgan fingerprint density at radius 2 is 1.92 bits per heavy atom. The van der Waals surface area contributed by atoms with Gasteiger partial charge in [0.25, 0.3) is 0 Å². The summed E-state index contributed by atoms with van der Waals surface area (Å²) >= 11 is 0. The fourth-order valence-corrected chi connectivity index (χ4v) is 4.29. The number of likely N-dealkylation sites (N-methyl/N-ethyl adjacent to an activating group) is 1. The molecular formula is C20H30N2O3. The van der Waals surface area contributed by atoms with Crippen molar-refractivity contribution in [2.45, 2.75) is 43.7 Å². The summed E-state index contributed by atoms with van der Waals surface area (Å²) in [4.78, 5) is 17.0. The molecule has 0 aliphatic carbocycles. The van der Waals surface area contributed by atoms with E-state index in [9.17, 15) is 4.79 Å². The smallest absolute Gasteiger partial charge is 0.225 e. The minimum Gasteiger partial charge on any atom is -0.493 e. The highest BCUT2D eigenvalue weighted by Gasteiger charge is 2.45. The average molecular weight is 346 g/mol. The van der Waals surface area contributed by atoms with E-state index < -0.39 is 0 Å². The van der Waals surface area contributed by atoms with Crippen molar-refractivity contribution in [3.8, 4) is 5.75 Å². The van der Waals surface area contributed by atoms with Crippen LogP contribution in [0.4, 0.5) is 0 Å². The van der Waals surface area contributed by atoms with E-state index in [0.717, 1.165) is 38.3 Å². The van der Waals surface area contributed by atoms with Crippen LogP contribution < -0.4 is 4.74 Å². The normalized spacial score (nSPS) is 23.1. The molecule has 2 fully saturated rings. The van der Waals surface area contributed by atoms with Crippen LogP contribution in [0, 0.1) is 0 Å². The molecule has 5 heteroatoms. The zero-order valence-electron chi connectivity index (χ0n) is 15.4. The zero-order valence-corrected chi connectivity index (χ0v) is 15.4. The van der Waals surface area contributed by atoms with Crippen molar-refractivity contribution in [1.82, 2.24) is 9.80 Å². The molecule has 1 atom stereocenters. The third-order valence-electron chi connectivity index (χ3n) is 5.97. The largest absolute Gasteiger partial charge is 0.493 e. The van der Waals surface area contributed by atoms with Crippen LogP contribution in [0.5, 0.6) is 5.75 Å². The molecule has 0 N–H and O–H groups in total. The predicted molar refractivity (Wildman–Crippen MR) is 97.8 cm³/mol. The highest BCUT2D eigenvalue weighted by atomic mass is 16.5. The molecule has 5 nitrogen and oxygen atoms in total. The van der Waals surface area contributed by atoms with Gasteiger partial charge in [0.15, 0.2) is 0 Å². The molecule has 1 amide bonds. The van der Waals surface area contributed by atoms with Crippen LogP contribution in [0.3, 0.4) is 0 Å². The van der Waals surface area contributed by atoms with E-state index in [4.69, 9.17) is 9.47 Å². The van der Waals surface area contributed by atoms with Gasteiger partial charge in [0, 0.05) is 31.8 Å². The number of hydrogen-bond acceptors (Lipinski definition) is 4. The van der Waals surface area contributed by atoms with Gasteiger partial charge in [0.05, 0.1) is 19.6 Å². The van der Waals surface area contributed by atoms with Crippen molar-refractivity contribution >= 4 is 5.91 Å². The summed E-state index contributed by atoms with van der Waals surface area (Å²) < 4.78 is 11.0. The number of para-hydroxylation sites is 1. The lowest BCUT2D eigenvalue weighted by Gasteiger charge is -2.45. The van der Waals surface area contributed by atoms with Gasteiger partial charge in [-0.05, 0) is 44.9 Å². The van der Waals surface area contributed by atoms with Crippen molar-refractivity contribution in [1.29, 1.82) is 0 Å². The Hall–Kier alpha value is -1.59. The molecule has 1 spiro atoms. The number of carbonyl (C=O) groups is 1. The molecule has 2 saturated heterocycles. The van der Waals surface area contributed by atoms with Gasteiger partial charge in [-0.3, -0.25) is 9.69 Å². The molecule has 1 unspecified atom stereocenters. The Labute approximate surface area is 150 Å². The fourth-order valence-electron chi connectivity index (χ4n) is 4.29. The summed E-state index contributed by atoms with van der Waals surface area (Å²) in [6, 6.07) is 10.2. The molecule has 25 heavy (non-hydrogen) atoms. The second-order valence-corrected chi connectivity index (χ2v) is 7.28. The number of likely N-dealkylation sites (tertiary alicyclic amines) is 2. The maximum Gasteiger partial charge on any atom is 0.225 e. The van der Waals surface area contributed by atoms with Crippen LogP contribution in [-0.4, -0.2) is 67.7 Å². The summed E-state index contributed by atoms with van der Waals surface area (Å²) in [6.07, 6.45) is 4.99. The monoisotopic (exact) mass is 346 g/mol. The molecule has 0 bridgehead atoms. The first-order chi connectivity index (χ1) is 12.1. The molecule has 1 aromatic rings. The summed E-state index contributed by atoms with van der Waals surface area (Å²) in [5, 5.41) is 0. The van der Waals surface area contributed by atoms with E-state index >= 15 is 0 Å². The van der Waals surface area contributed by atoms with Gasteiger partial charge in [-0.2, -0.15) is 0 Å². The third kappa shape index (κ3) is 4.15. The Balaban J connectivity index is 1.43. The average Bonchev–Trinajstić information content (AvgIpc) is 2.93. The molecule has 0 aromatic heterocycles. The molecular weight excluding hydrogens is 316 g/mol. The van der Waals surface area contributed by atoms with Gasteiger partial charge in [0.1, 0.15) is 5.75 Å². The molecule has 0 saturated carbocycles. The van der Waals surface area contributed by atoms with Crippen molar-refractivity contribution < 1.29 is 14.3 Å². The van der Waals surface area contributed by atoms with Crippen LogP contribution in [0.1, 0.15) is 32.1 Å². The van der Waals surface area contributed by atoms with Crippen LogP contribution >= 0.6 is 0 Å². The maximum atomic E-state index is 12.5. The second kappa shape index (κ2) is 8.19. The summed E-state index contributed by atoms with van der Waals surface area (Å²) in [5.74, 6) is 1.03. The van der Waals surface area contributed by atoms with E-state index in [2.05, 4.69) is 11.9 Å². The number of carbonyl (C=O) groups excluding carboxylic acids is 1. The molecule has 1 aromatic carbocycles. The second-order valence-electron chi connectivity index (χ2n) is 7.28. The first kappa shape index (κ1) is 18.2. The van der Waals surface area contributed by atoms with E-state index in [0.29, 0.717) is 19.1 Å². The lowest BCUT2D eigenvalue weighted by atomic mass is 9.85. The highest BCUT2D eigenvalue weighted by Crippen LogP contribution is 2.40. The fraction of sp³-hybridized carbons (Fsp3) is 0.650. The van der Waals surface area contributed by atoms with Gasteiger partial charge in [-0.25, -0.2) is 0 Å². The van der Waals surface area contributed by atoms with Crippen molar-refractivity contribution in [3.05, 3.63) is 30.3 Å². The first-order valence-electron chi connectivity index (χ1n) is 9.32. The van der Waals surface area contributed by atoms with E-state index in [1.807, 2.05) is 35.2 Å². The van der Waals surface area contributed by atoms with E-state index in [1.54, 1.807) is 7.11 Å². The Kier molecular flexibility index (Phi) is 5.97. The number of benzene rings is 1. The van der Waals surface area contributed by atoms with Crippen LogP contribution in [-0.2, 0) is 9.53 Å². The van der Waals surface area contributed by atoms with Gasteiger partial charge in [0.2, 0.25) is 5.91 Å². The number of amides is 1. The van der Waals surface area contributed by atoms with E-state index in [1.165, 1.54) is 12.8 Å². The van der Waals surface area contributed by atoms with Gasteiger partial charge in [-0.1, -0.05) is 18.2 Å². The Morgan fingerprint density at radius 3 is 2.60 bits per heavy atom. The van der Waals surface area contributed by atoms with Crippen molar-refractivity contribution in [3.63, 3.8) is 0 Å². The quantitative estimate of drug-likeness (QED) is 0.794. The molecule has 3 rings (SSSR count). The number of piperidine rings is 1. The Bertz CT molecular complexity index is 555. The van der Waals surface area contributed by atoms with Gasteiger partial charge in [-0.15, -0.1) is 0 Å². The van der Waals surface area contributed by atoms with E-state index in [-0.39, 0.29) is 11.4 Å². The predicted octanol–water partition coefficient (Wildman–Crippen LogP) is 2.56. The maximum absolute atomic E-state index is 12.5.